The number of aromatic nitrogens is 5. The van der Waals surface area contributed by atoms with Gasteiger partial charge in [-0.05, 0) is 19.4 Å². The van der Waals surface area contributed by atoms with E-state index < -0.39 is 12.1 Å². The summed E-state index contributed by atoms with van der Waals surface area (Å²) in [5, 5.41) is 13.2. The Hall–Kier alpha value is -3.23. The summed E-state index contributed by atoms with van der Waals surface area (Å²) >= 11 is 0. The molecule has 2 amide bonds. The normalized spacial score (nSPS) is 11.9. The minimum atomic E-state index is -0.448. The quantitative estimate of drug-likeness (QED) is 0.740. The Balaban J connectivity index is 1.55. The zero-order chi connectivity index (χ0) is 16.9. The molecule has 0 aliphatic carbocycles. The number of amides is 2. The highest BCUT2D eigenvalue weighted by molar-refractivity contribution is 5.87. The Labute approximate surface area is 138 Å². The fourth-order valence-corrected chi connectivity index (χ4v) is 2.08. The standard InChI is InChI=1S/C15H17N7O2/c1-10(13-18-11(2)21-24-13)17-15(23)19-14-16-9-22(20-14)8-12-6-4-3-5-7-12/h3-7,9-10H,8H2,1-2H3,(H2,17,19,20,23)/t10-/m1/s1. The maximum absolute atomic E-state index is 12.0. The largest absolute Gasteiger partial charge is 0.337 e. The number of rotatable bonds is 5. The van der Waals surface area contributed by atoms with Crippen LogP contribution >= 0.6 is 0 Å². The molecule has 2 heterocycles. The first kappa shape index (κ1) is 15.7. The molecule has 9 heteroatoms. The Morgan fingerprint density at radius 2 is 2.12 bits per heavy atom. The van der Waals surface area contributed by atoms with Crippen LogP contribution in [0.3, 0.4) is 0 Å². The summed E-state index contributed by atoms with van der Waals surface area (Å²) in [5.74, 6) is 1.07. The fraction of sp³-hybridized carbons (Fsp3) is 0.267. The van der Waals surface area contributed by atoms with Gasteiger partial charge in [0.05, 0.1) is 6.54 Å². The summed E-state index contributed by atoms with van der Waals surface area (Å²) in [5.41, 5.74) is 1.10. The van der Waals surface area contributed by atoms with Crippen LogP contribution in [0, 0.1) is 6.92 Å². The molecule has 0 saturated heterocycles. The van der Waals surface area contributed by atoms with Crippen LogP contribution in [0.1, 0.15) is 30.2 Å². The number of hydrogen-bond donors (Lipinski definition) is 2. The highest BCUT2D eigenvalue weighted by Crippen LogP contribution is 2.09. The van der Waals surface area contributed by atoms with E-state index in [1.807, 2.05) is 30.3 Å². The summed E-state index contributed by atoms with van der Waals surface area (Å²) in [6.07, 6.45) is 1.56. The molecular formula is C15H17N7O2. The van der Waals surface area contributed by atoms with Crippen molar-refractivity contribution in [3.8, 4) is 0 Å². The van der Waals surface area contributed by atoms with E-state index in [1.54, 1.807) is 24.9 Å². The lowest BCUT2D eigenvalue weighted by Crippen LogP contribution is -2.31. The van der Waals surface area contributed by atoms with Gasteiger partial charge in [0.25, 0.3) is 0 Å². The predicted octanol–water partition coefficient (Wildman–Crippen LogP) is 1.90. The van der Waals surface area contributed by atoms with Crippen LogP contribution in [0.2, 0.25) is 0 Å². The SMILES string of the molecule is Cc1noc([C@@H](C)NC(=O)Nc2ncn(Cc3ccccc3)n2)n1. The molecule has 1 aromatic carbocycles. The first-order valence-corrected chi connectivity index (χ1v) is 7.41. The van der Waals surface area contributed by atoms with Crippen LogP contribution in [0.5, 0.6) is 0 Å². The molecule has 0 fully saturated rings. The van der Waals surface area contributed by atoms with Gasteiger partial charge in [-0.2, -0.15) is 4.98 Å². The molecule has 0 aliphatic heterocycles. The molecule has 0 radical (unpaired) electrons. The van der Waals surface area contributed by atoms with Crippen molar-refractivity contribution in [1.82, 2.24) is 30.2 Å². The lowest BCUT2D eigenvalue weighted by molar-refractivity contribution is 0.245. The number of aryl methyl sites for hydroxylation is 1. The number of anilines is 1. The van der Waals surface area contributed by atoms with Crippen LogP contribution in [-0.2, 0) is 6.54 Å². The van der Waals surface area contributed by atoms with E-state index in [2.05, 4.69) is 30.9 Å². The van der Waals surface area contributed by atoms with Crippen molar-refractivity contribution < 1.29 is 9.32 Å². The van der Waals surface area contributed by atoms with Crippen LogP contribution in [0.4, 0.5) is 10.7 Å². The molecule has 2 aromatic heterocycles. The molecule has 0 unspecified atom stereocenters. The van der Waals surface area contributed by atoms with Crippen LogP contribution < -0.4 is 10.6 Å². The van der Waals surface area contributed by atoms with Gasteiger partial charge in [-0.1, -0.05) is 35.5 Å². The van der Waals surface area contributed by atoms with E-state index >= 15 is 0 Å². The summed E-state index contributed by atoms with van der Waals surface area (Å²) in [7, 11) is 0. The monoisotopic (exact) mass is 327 g/mol. The van der Waals surface area contributed by atoms with E-state index in [1.165, 1.54) is 0 Å². The topological polar surface area (TPSA) is 111 Å². The molecule has 24 heavy (non-hydrogen) atoms. The Kier molecular flexibility index (Phi) is 4.50. The summed E-state index contributed by atoms with van der Waals surface area (Å²) in [4.78, 5) is 20.1. The fourth-order valence-electron chi connectivity index (χ4n) is 2.08. The number of carbonyl (C=O) groups excluding carboxylic acids is 1. The summed E-state index contributed by atoms with van der Waals surface area (Å²) in [6.45, 7) is 4.03. The molecule has 124 valence electrons. The maximum atomic E-state index is 12.0. The smallest absolute Gasteiger partial charge is 0.322 e. The van der Waals surface area contributed by atoms with Crippen molar-refractivity contribution in [2.24, 2.45) is 0 Å². The third-order valence-corrected chi connectivity index (χ3v) is 3.21. The van der Waals surface area contributed by atoms with Crippen molar-refractivity contribution in [1.29, 1.82) is 0 Å². The summed E-state index contributed by atoms with van der Waals surface area (Å²) < 4.78 is 6.66. The number of urea groups is 1. The second-order valence-corrected chi connectivity index (χ2v) is 5.25. The Bertz CT molecular complexity index is 812. The molecule has 0 saturated carbocycles. The second-order valence-electron chi connectivity index (χ2n) is 5.25. The van der Waals surface area contributed by atoms with Crippen molar-refractivity contribution in [3.63, 3.8) is 0 Å². The Morgan fingerprint density at radius 3 is 2.83 bits per heavy atom. The van der Waals surface area contributed by atoms with E-state index in [9.17, 15) is 4.79 Å². The highest BCUT2D eigenvalue weighted by atomic mass is 16.5. The number of carbonyl (C=O) groups is 1. The number of hydrogen-bond acceptors (Lipinski definition) is 6. The molecule has 3 rings (SSSR count). The molecular weight excluding hydrogens is 310 g/mol. The van der Waals surface area contributed by atoms with Crippen molar-refractivity contribution in [3.05, 3.63) is 53.9 Å². The average molecular weight is 327 g/mol. The highest BCUT2D eigenvalue weighted by Gasteiger charge is 2.16. The van der Waals surface area contributed by atoms with Gasteiger partial charge in [-0.25, -0.2) is 14.5 Å². The number of nitrogens with one attached hydrogen (secondary N) is 2. The predicted molar refractivity (Wildman–Crippen MR) is 85.2 cm³/mol. The van der Waals surface area contributed by atoms with Crippen molar-refractivity contribution in [2.45, 2.75) is 26.4 Å². The van der Waals surface area contributed by atoms with Crippen LogP contribution in [-0.4, -0.2) is 30.9 Å². The van der Waals surface area contributed by atoms with E-state index in [-0.39, 0.29) is 5.95 Å². The Morgan fingerprint density at radius 1 is 1.33 bits per heavy atom. The van der Waals surface area contributed by atoms with Gasteiger partial charge < -0.3 is 9.84 Å². The zero-order valence-corrected chi connectivity index (χ0v) is 13.3. The van der Waals surface area contributed by atoms with Gasteiger partial charge in [0, 0.05) is 0 Å². The molecule has 0 aliphatic rings. The molecule has 1 atom stereocenters. The van der Waals surface area contributed by atoms with E-state index in [4.69, 9.17) is 4.52 Å². The lowest BCUT2D eigenvalue weighted by Gasteiger charge is -2.09. The zero-order valence-electron chi connectivity index (χ0n) is 13.3. The van der Waals surface area contributed by atoms with Gasteiger partial charge >= 0.3 is 6.03 Å². The second kappa shape index (κ2) is 6.90. The van der Waals surface area contributed by atoms with Gasteiger partial charge in [0.1, 0.15) is 12.4 Å². The van der Waals surface area contributed by atoms with Gasteiger partial charge in [0.2, 0.25) is 11.8 Å². The minimum absolute atomic E-state index is 0.220. The molecule has 0 bridgehead atoms. The van der Waals surface area contributed by atoms with Crippen molar-refractivity contribution >= 4 is 12.0 Å². The lowest BCUT2D eigenvalue weighted by atomic mass is 10.2. The van der Waals surface area contributed by atoms with Crippen LogP contribution in [0.15, 0.2) is 41.2 Å². The first-order chi connectivity index (χ1) is 11.6. The van der Waals surface area contributed by atoms with Crippen molar-refractivity contribution in [2.75, 3.05) is 5.32 Å². The molecule has 9 nitrogen and oxygen atoms in total. The molecule has 0 spiro atoms. The average Bonchev–Trinajstić information content (AvgIpc) is 3.17. The van der Waals surface area contributed by atoms with Gasteiger partial charge in [0.15, 0.2) is 5.82 Å². The van der Waals surface area contributed by atoms with Gasteiger partial charge in [-0.3, -0.25) is 5.32 Å². The van der Waals surface area contributed by atoms with E-state index in [0.717, 1.165) is 5.56 Å². The number of nitrogens with zero attached hydrogens (tertiary/aromatic N) is 5. The number of benzene rings is 1. The minimum Gasteiger partial charge on any atom is -0.337 e. The van der Waals surface area contributed by atoms with Gasteiger partial charge in [-0.15, -0.1) is 5.10 Å². The van der Waals surface area contributed by atoms with E-state index in [0.29, 0.717) is 18.3 Å². The maximum Gasteiger partial charge on any atom is 0.322 e. The van der Waals surface area contributed by atoms with Crippen LogP contribution in [0.25, 0.3) is 0 Å². The molecule has 2 N–H and O–H groups in total. The first-order valence-electron chi connectivity index (χ1n) is 7.41. The molecule has 3 aromatic rings. The third-order valence-electron chi connectivity index (χ3n) is 3.21. The summed E-state index contributed by atoms with van der Waals surface area (Å²) in [6, 6.07) is 8.99. The third kappa shape index (κ3) is 3.94.